The third-order valence-electron chi connectivity index (χ3n) is 3.82. The highest BCUT2D eigenvalue weighted by molar-refractivity contribution is 14.1. The number of hydrogen-bond donors (Lipinski definition) is 1. The summed E-state index contributed by atoms with van der Waals surface area (Å²) < 4.78 is 1.29. The number of fused-ring (bicyclic) bond motifs is 1. The summed E-state index contributed by atoms with van der Waals surface area (Å²) >= 11 is 2.40. The zero-order valence-electron chi connectivity index (χ0n) is 10.9. The molecule has 19 heavy (non-hydrogen) atoms. The minimum atomic E-state index is 0.453. The molecule has 0 bridgehead atoms. The first kappa shape index (κ1) is 13.0. The lowest BCUT2D eigenvalue weighted by molar-refractivity contribution is 0.644. The van der Waals surface area contributed by atoms with Crippen LogP contribution in [-0.2, 0) is 6.42 Å². The van der Waals surface area contributed by atoms with Crippen LogP contribution in [0.5, 0.6) is 0 Å². The molecule has 0 spiro atoms. The minimum Gasteiger partial charge on any atom is -0.377 e. The molecule has 0 aromatic heterocycles. The molecule has 2 aromatic carbocycles. The summed E-state index contributed by atoms with van der Waals surface area (Å²) in [5, 5.41) is 3.74. The topological polar surface area (TPSA) is 12.0 Å². The second kappa shape index (κ2) is 5.95. The standard InChI is InChI=1S/C17H18IN/c18-15-10-4-6-12-17(15)19-16-11-5-2-8-13-7-1-3-9-14(13)16/h1,3-4,6-7,9-10,12,16,19H,2,5,8,11H2. The van der Waals surface area contributed by atoms with E-state index in [1.165, 1.54) is 46.1 Å². The lowest BCUT2D eigenvalue weighted by Crippen LogP contribution is -2.12. The van der Waals surface area contributed by atoms with Gasteiger partial charge in [-0.2, -0.15) is 0 Å². The number of hydrogen-bond acceptors (Lipinski definition) is 1. The normalized spacial score (nSPS) is 18.5. The SMILES string of the molecule is Ic1ccccc1NC1CCCCc2ccccc21. The molecule has 2 aromatic rings. The monoisotopic (exact) mass is 363 g/mol. The molecular weight excluding hydrogens is 345 g/mol. The fourth-order valence-electron chi connectivity index (χ4n) is 2.84. The number of nitrogens with one attached hydrogen (secondary N) is 1. The number of halogens is 1. The highest BCUT2D eigenvalue weighted by Gasteiger charge is 2.18. The highest BCUT2D eigenvalue weighted by Crippen LogP contribution is 2.32. The molecule has 0 heterocycles. The summed E-state index contributed by atoms with van der Waals surface area (Å²) in [7, 11) is 0. The van der Waals surface area contributed by atoms with E-state index in [-0.39, 0.29) is 0 Å². The van der Waals surface area contributed by atoms with Gasteiger partial charge in [-0.25, -0.2) is 0 Å². The summed E-state index contributed by atoms with van der Waals surface area (Å²) in [4.78, 5) is 0. The molecule has 1 aliphatic rings. The van der Waals surface area contributed by atoms with E-state index < -0.39 is 0 Å². The van der Waals surface area contributed by atoms with Crippen LogP contribution in [0.25, 0.3) is 0 Å². The number of para-hydroxylation sites is 1. The molecule has 0 saturated carbocycles. The van der Waals surface area contributed by atoms with Gasteiger partial charge < -0.3 is 5.32 Å². The molecule has 0 radical (unpaired) electrons. The van der Waals surface area contributed by atoms with Crippen molar-refractivity contribution in [2.24, 2.45) is 0 Å². The van der Waals surface area contributed by atoms with E-state index in [2.05, 4.69) is 76.4 Å². The molecule has 1 aliphatic carbocycles. The van der Waals surface area contributed by atoms with E-state index in [9.17, 15) is 0 Å². The number of anilines is 1. The Morgan fingerprint density at radius 1 is 0.947 bits per heavy atom. The minimum absolute atomic E-state index is 0.453. The molecule has 2 heteroatoms. The number of rotatable bonds is 2. The lowest BCUT2D eigenvalue weighted by Gasteiger charge is -2.21. The Hall–Kier alpha value is -1.03. The van der Waals surface area contributed by atoms with Crippen LogP contribution in [0.4, 0.5) is 5.69 Å². The van der Waals surface area contributed by atoms with Crippen molar-refractivity contribution in [3.8, 4) is 0 Å². The van der Waals surface area contributed by atoms with Crippen LogP contribution >= 0.6 is 22.6 Å². The van der Waals surface area contributed by atoms with Crippen molar-refractivity contribution in [1.82, 2.24) is 0 Å². The molecule has 1 atom stereocenters. The van der Waals surface area contributed by atoms with E-state index in [0.29, 0.717) is 6.04 Å². The van der Waals surface area contributed by atoms with Gasteiger partial charge in [0.2, 0.25) is 0 Å². The highest BCUT2D eigenvalue weighted by atomic mass is 127. The first-order valence-corrected chi connectivity index (χ1v) is 8.01. The summed E-state index contributed by atoms with van der Waals surface area (Å²) in [6, 6.07) is 17.9. The van der Waals surface area contributed by atoms with Gasteiger partial charge in [-0.3, -0.25) is 0 Å². The van der Waals surface area contributed by atoms with Crippen molar-refractivity contribution in [3.63, 3.8) is 0 Å². The number of aryl methyl sites for hydroxylation is 1. The summed E-state index contributed by atoms with van der Waals surface area (Å²) in [6.45, 7) is 0. The Balaban J connectivity index is 1.91. The van der Waals surface area contributed by atoms with Gasteiger partial charge >= 0.3 is 0 Å². The average Bonchev–Trinajstić information content (AvgIpc) is 2.64. The molecule has 1 nitrogen and oxygen atoms in total. The fourth-order valence-corrected chi connectivity index (χ4v) is 3.38. The van der Waals surface area contributed by atoms with Gasteiger partial charge in [-0.05, 0) is 65.1 Å². The average molecular weight is 363 g/mol. The van der Waals surface area contributed by atoms with Crippen LogP contribution in [-0.4, -0.2) is 0 Å². The van der Waals surface area contributed by atoms with Crippen molar-refractivity contribution < 1.29 is 0 Å². The van der Waals surface area contributed by atoms with Gasteiger partial charge in [0.25, 0.3) is 0 Å². The van der Waals surface area contributed by atoms with E-state index >= 15 is 0 Å². The van der Waals surface area contributed by atoms with Crippen LogP contribution in [0.3, 0.4) is 0 Å². The van der Waals surface area contributed by atoms with Gasteiger partial charge in [0.05, 0.1) is 6.04 Å². The maximum Gasteiger partial charge on any atom is 0.0516 e. The van der Waals surface area contributed by atoms with Gasteiger partial charge in [0.15, 0.2) is 0 Å². The predicted molar refractivity (Wildman–Crippen MR) is 89.5 cm³/mol. The first-order chi connectivity index (χ1) is 9.34. The van der Waals surface area contributed by atoms with Gasteiger partial charge in [0.1, 0.15) is 0 Å². The van der Waals surface area contributed by atoms with Crippen LogP contribution in [0, 0.1) is 3.57 Å². The fraction of sp³-hybridized carbons (Fsp3) is 0.294. The van der Waals surface area contributed by atoms with Gasteiger partial charge in [0, 0.05) is 9.26 Å². The van der Waals surface area contributed by atoms with Crippen molar-refractivity contribution in [3.05, 3.63) is 63.2 Å². The van der Waals surface area contributed by atoms with Crippen molar-refractivity contribution in [2.45, 2.75) is 31.7 Å². The summed E-state index contributed by atoms with van der Waals surface area (Å²) in [6.07, 6.45) is 5.05. The molecule has 3 rings (SSSR count). The Morgan fingerprint density at radius 3 is 2.63 bits per heavy atom. The Kier molecular flexibility index (Phi) is 4.06. The maximum absolute atomic E-state index is 3.74. The molecule has 0 aliphatic heterocycles. The second-order valence-corrected chi connectivity index (χ2v) is 6.28. The Morgan fingerprint density at radius 2 is 1.74 bits per heavy atom. The lowest BCUT2D eigenvalue weighted by atomic mass is 9.99. The Bertz CT molecular complexity index is 565. The molecule has 0 amide bonds. The van der Waals surface area contributed by atoms with Crippen molar-refractivity contribution in [1.29, 1.82) is 0 Å². The molecular formula is C17H18IN. The first-order valence-electron chi connectivity index (χ1n) is 6.93. The smallest absolute Gasteiger partial charge is 0.0516 e. The summed E-state index contributed by atoms with van der Waals surface area (Å²) in [5.74, 6) is 0. The Labute approximate surface area is 128 Å². The van der Waals surface area contributed by atoms with Crippen molar-refractivity contribution >= 4 is 28.3 Å². The third-order valence-corrected chi connectivity index (χ3v) is 4.76. The van der Waals surface area contributed by atoms with E-state index in [1.807, 2.05) is 0 Å². The molecule has 1 N–H and O–H groups in total. The zero-order valence-corrected chi connectivity index (χ0v) is 13.1. The van der Waals surface area contributed by atoms with E-state index in [0.717, 1.165) is 0 Å². The van der Waals surface area contributed by atoms with Crippen molar-refractivity contribution in [2.75, 3.05) is 5.32 Å². The van der Waals surface area contributed by atoms with Gasteiger partial charge in [-0.15, -0.1) is 0 Å². The number of benzene rings is 2. The van der Waals surface area contributed by atoms with Gasteiger partial charge in [-0.1, -0.05) is 42.8 Å². The van der Waals surface area contributed by atoms with E-state index in [1.54, 1.807) is 0 Å². The third kappa shape index (κ3) is 2.94. The second-order valence-electron chi connectivity index (χ2n) is 5.12. The molecule has 0 saturated heterocycles. The van der Waals surface area contributed by atoms with Crippen LogP contribution < -0.4 is 5.32 Å². The zero-order chi connectivity index (χ0) is 13.1. The van der Waals surface area contributed by atoms with Crippen LogP contribution in [0.1, 0.15) is 36.4 Å². The predicted octanol–water partition coefficient (Wildman–Crippen LogP) is 5.17. The molecule has 1 unspecified atom stereocenters. The molecule has 0 fully saturated rings. The van der Waals surface area contributed by atoms with Crippen LogP contribution in [0.2, 0.25) is 0 Å². The summed E-state index contributed by atoms with van der Waals surface area (Å²) in [5.41, 5.74) is 4.26. The largest absolute Gasteiger partial charge is 0.377 e. The molecule has 98 valence electrons. The van der Waals surface area contributed by atoms with Crippen LogP contribution in [0.15, 0.2) is 48.5 Å². The maximum atomic E-state index is 3.74. The quantitative estimate of drug-likeness (QED) is 0.573. The van der Waals surface area contributed by atoms with E-state index in [4.69, 9.17) is 0 Å².